The number of carbonyl (C=O) groups is 1. The van der Waals surface area contributed by atoms with Crippen LogP contribution in [0.3, 0.4) is 0 Å². The zero-order valence-corrected chi connectivity index (χ0v) is 16.1. The molecule has 8 heteroatoms. The van der Waals surface area contributed by atoms with E-state index in [1.807, 2.05) is 27.7 Å². The second kappa shape index (κ2) is 6.39. The molecule has 3 heterocycles. The van der Waals surface area contributed by atoms with Crippen LogP contribution in [-0.2, 0) is 21.0 Å². The van der Waals surface area contributed by atoms with Crippen LogP contribution in [0, 0.1) is 0 Å². The SMILES string of the molecule is CCC1(CC)CN(C(=O)c2n[nH]c3c2C[C@H](C)O[C@@H]3C)CCS1(=O)=O. The van der Waals surface area contributed by atoms with Gasteiger partial charge in [-0.2, -0.15) is 5.10 Å². The van der Waals surface area contributed by atoms with E-state index in [4.69, 9.17) is 4.74 Å². The van der Waals surface area contributed by atoms with Crippen LogP contribution in [0.25, 0.3) is 0 Å². The van der Waals surface area contributed by atoms with Gasteiger partial charge in [0, 0.05) is 25.1 Å². The number of sulfone groups is 1. The van der Waals surface area contributed by atoms with Crippen LogP contribution in [0.5, 0.6) is 0 Å². The Morgan fingerprint density at radius 3 is 2.68 bits per heavy atom. The first-order valence-electron chi connectivity index (χ1n) is 8.98. The molecule has 0 bridgehead atoms. The molecule has 0 spiro atoms. The number of rotatable bonds is 3. The number of hydrogen-bond donors (Lipinski definition) is 1. The maximum atomic E-state index is 13.1. The summed E-state index contributed by atoms with van der Waals surface area (Å²) in [6, 6.07) is 0. The van der Waals surface area contributed by atoms with Crippen LogP contribution in [-0.4, -0.2) is 59.1 Å². The topological polar surface area (TPSA) is 92.4 Å². The van der Waals surface area contributed by atoms with Crippen LogP contribution >= 0.6 is 0 Å². The summed E-state index contributed by atoms with van der Waals surface area (Å²) in [5.74, 6) is -0.164. The van der Waals surface area contributed by atoms with Gasteiger partial charge in [0.15, 0.2) is 15.5 Å². The molecule has 2 atom stereocenters. The van der Waals surface area contributed by atoms with Gasteiger partial charge in [-0.3, -0.25) is 9.89 Å². The molecule has 1 N–H and O–H groups in total. The molecule has 0 radical (unpaired) electrons. The quantitative estimate of drug-likeness (QED) is 0.878. The van der Waals surface area contributed by atoms with E-state index in [0.29, 0.717) is 25.0 Å². The van der Waals surface area contributed by atoms with Gasteiger partial charge in [-0.05, 0) is 26.7 Å². The molecule has 2 aliphatic heterocycles. The molecule has 0 aromatic carbocycles. The summed E-state index contributed by atoms with van der Waals surface area (Å²) < 4.78 is 30.1. The van der Waals surface area contributed by atoms with E-state index in [0.717, 1.165) is 11.3 Å². The lowest BCUT2D eigenvalue weighted by Crippen LogP contribution is -2.57. The van der Waals surface area contributed by atoms with Crippen molar-refractivity contribution in [2.75, 3.05) is 18.8 Å². The van der Waals surface area contributed by atoms with Gasteiger partial charge in [-0.25, -0.2) is 8.42 Å². The van der Waals surface area contributed by atoms with E-state index in [2.05, 4.69) is 10.2 Å². The average molecular weight is 369 g/mol. The number of carbonyl (C=O) groups excluding carboxylic acids is 1. The van der Waals surface area contributed by atoms with E-state index in [9.17, 15) is 13.2 Å². The Labute approximate surface area is 149 Å². The van der Waals surface area contributed by atoms with Crippen LogP contribution < -0.4 is 0 Å². The summed E-state index contributed by atoms with van der Waals surface area (Å²) in [5.41, 5.74) is 2.17. The molecular formula is C17H27N3O4S. The van der Waals surface area contributed by atoms with Gasteiger partial charge >= 0.3 is 0 Å². The summed E-state index contributed by atoms with van der Waals surface area (Å²) >= 11 is 0. The highest BCUT2D eigenvalue weighted by atomic mass is 32.2. The van der Waals surface area contributed by atoms with E-state index in [1.165, 1.54) is 0 Å². The summed E-state index contributed by atoms with van der Waals surface area (Å²) in [5, 5.41) is 7.19. The van der Waals surface area contributed by atoms with E-state index in [-0.39, 0.29) is 37.0 Å². The van der Waals surface area contributed by atoms with Gasteiger partial charge in [0.2, 0.25) is 0 Å². The summed E-state index contributed by atoms with van der Waals surface area (Å²) in [6.07, 6.45) is 1.56. The highest BCUT2D eigenvalue weighted by molar-refractivity contribution is 7.92. The number of aromatic amines is 1. The minimum atomic E-state index is -3.20. The summed E-state index contributed by atoms with van der Waals surface area (Å²) in [4.78, 5) is 14.7. The number of hydrogen-bond acceptors (Lipinski definition) is 5. The van der Waals surface area contributed by atoms with Crippen LogP contribution in [0.4, 0.5) is 0 Å². The number of nitrogens with zero attached hydrogens (tertiary/aromatic N) is 2. The van der Waals surface area contributed by atoms with Crippen LogP contribution in [0.1, 0.15) is 68.4 Å². The molecule has 2 aliphatic rings. The third-order valence-electron chi connectivity index (χ3n) is 5.78. The van der Waals surface area contributed by atoms with Crippen molar-refractivity contribution in [2.45, 2.75) is 63.9 Å². The normalized spacial score (nSPS) is 27.8. The lowest BCUT2D eigenvalue weighted by Gasteiger charge is -2.41. The summed E-state index contributed by atoms with van der Waals surface area (Å²) in [6.45, 7) is 8.15. The summed E-state index contributed by atoms with van der Waals surface area (Å²) in [7, 11) is -3.20. The zero-order chi connectivity index (χ0) is 18.4. The van der Waals surface area contributed by atoms with E-state index >= 15 is 0 Å². The molecule has 1 aromatic heterocycles. The Balaban J connectivity index is 1.90. The van der Waals surface area contributed by atoms with Gasteiger partial charge in [0.1, 0.15) is 0 Å². The maximum Gasteiger partial charge on any atom is 0.274 e. The predicted molar refractivity (Wildman–Crippen MR) is 94.3 cm³/mol. The van der Waals surface area contributed by atoms with Gasteiger partial charge in [-0.1, -0.05) is 13.8 Å². The number of ether oxygens (including phenoxy) is 1. The van der Waals surface area contributed by atoms with Crippen molar-refractivity contribution >= 4 is 15.7 Å². The minimum absolute atomic E-state index is 0.0168. The second-order valence-electron chi connectivity index (χ2n) is 7.19. The van der Waals surface area contributed by atoms with Crippen molar-refractivity contribution in [3.8, 4) is 0 Å². The Morgan fingerprint density at radius 1 is 1.36 bits per heavy atom. The fourth-order valence-electron chi connectivity index (χ4n) is 4.06. The lowest BCUT2D eigenvalue weighted by molar-refractivity contribution is -0.00702. The highest BCUT2D eigenvalue weighted by Crippen LogP contribution is 2.34. The molecule has 1 amide bonds. The molecule has 0 unspecified atom stereocenters. The third-order valence-corrected chi connectivity index (χ3v) is 8.53. The molecule has 7 nitrogen and oxygen atoms in total. The molecular weight excluding hydrogens is 342 g/mol. The van der Waals surface area contributed by atoms with Crippen LogP contribution in [0.2, 0.25) is 0 Å². The lowest BCUT2D eigenvalue weighted by atomic mass is 9.98. The minimum Gasteiger partial charge on any atom is -0.369 e. The largest absolute Gasteiger partial charge is 0.369 e. The molecule has 1 saturated heterocycles. The van der Waals surface area contributed by atoms with Crippen LogP contribution in [0.15, 0.2) is 0 Å². The number of amides is 1. The van der Waals surface area contributed by atoms with Crippen molar-refractivity contribution < 1.29 is 17.9 Å². The Bertz CT molecular complexity index is 767. The monoisotopic (exact) mass is 369 g/mol. The number of nitrogens with one attached hydrogen (secondary N) is 1. The van der Waals surface area contributed by atoms with Gasteiger partial charge in [-0.15, -0.1) is 0 Å². The first kappa shape index (κ1) is 18.4. The van der Waals surface area contributed by atoms with Gasteiger partial charge < -0.3 is 9.64 Å². The van der Waals surface area contributed by atoms with Crippen molar-refractivity contribution in [3.63, 3.8) is 0 Å². The third kappa shape index (κ3) is 2.89. The molecule has 0 aliphatic carbocycles. The van der Waals surface area contributed by atoms with Crippen molar-refractivity contribution in [2.24, 2.45) is 0 Å². The number of H-pyrrole nitrogens is 1. The first-order chi connectivity index (χ1) is 11.7. The smallest absolute Gasteiger partial charge is 0.274 e. The molecule has 1 aromatic rings. The van der Waals surface area contributed by atoms with E-state index < -0.39 is 14.6 Å². The second-order valence-corrected chi connectivity index (χ2v) is 9.70. The molecule has 1 fully saturated rings. The predicted octanol–water partition coefficient (Wildman–Crippen LogP) is 1.86. The van der Waals surface area contributed by atoms with Gasteiger partial charge in [0.05, 0.1) is 28.4 Å². The maximum absolute atomic E-state index is 13.1. The van der Waals surface area contributed by atoms with Crippen molar-refractivity contribution in [3.05, 3.63) is 17.0 Å². The standard InChI is InChI=1S/C17H27N3O4S/c1-5-17(6-2)10-20(7-8-25(17,22)23)16(21)15-13-9-11(3)24-12(4)14(13)18-19-15/h11-12H,5-10H2,1-4H3,(H,18,19)/t11-,12+/m0/s1. The van der Waals surface area contributed by atoms with E-state index in [1.54, 1.807) is 4.90 Å². The van der Waals surface area contributed by atoms with Gasteiger partial charge in [0.25, 0.3) is 5.91 Å². The first-order valence-corrected chi connectivity index (χ1v) is 10.6. The molecule has 3 rings (SSSR count). The average Bonchev–Trinajstić information content (AvgIpc) is 2.98. The zero-order valence-electron chi connectivity index (χ0n) is 15.3. The van der Waals surface area contributed by atoms with Crippen molar-refractivity contribution in [1.82, 2.24) is 15.1 Å². The molecule has 25 heavy (non-hydrogen) atoms. The molecule has 140 valence electrons. The Morgan fingerprint density at radius 2 is 2.04 bits per heavy atom. The van der Waals surface area contributed by atoms with Crippen molar-refractivity contribution in [1.29, 1.82) is 0 Å². The number of fused-ring (bicyclic) bond motifs is 1. The fourth-order valence-corrected chi connectivity index (χ4v) is 6.19. The highest BCUT2D eigenvalue weighted by Gasteiger charge is 2.47. The Hall–Kier alpha value is -1.41. The Kier molecular flexibility index (Phi) is 4.70. The number of aromatic nitrogens is 2. The fraction of sp³-hybridized carbons (Fsp3) is 0.765. The molecule has 0 saturated carbocycles.